The van der Waals surface area contributed by atoms with Crippen LogP contribution in [0.5, 0.6) is 0 Å². The summed E-state index contributed by atoms with van der Waals surface area (Å²) in [6, 6.07) is 4.97. The van der Waals surface area contributed by atoms with Crippen molar-refractivity contribution in [3.63, 3.8) is 0 Å². The molecule has 6 heteroatoms. The van der Waals surface area contributed by atoms with E-state index in [0.29, 0.717) is 10.9 Å². The third-order valence-electron chi connectivity index (χ3n) is 3.91. The Labute approximate surface area is 136 Å². The van der Waals surface area contributed by atoms with Gasteiger partial charge in [0.15, 0.2) is 17.0 Å². The number of nitrogens with zero attached hydrogens (tertiary/aromatic N) is 1. The number of aromatic nitrogens is 1. The molecule has 0 radical (unpaired) electrons. The maximum absolute atomic E-state index is 14.1. The molecule has 0 saturated carbocycles. The first kappa shape index (κ1) is 16.3. The average molecular weight is 330 g/mol. The zero-order valence-corrected chi connectivity index (χ0v) is 13.5. The molecule has 0 aliphatic heterocycles. The van der Waals surface area contributed by atoms with Crippen LogP contribution in [-0.4, -0.2) is 4.98 Å². The van der Waals surface area contributed by atoms with Crippen LogP contribution in [-0.2, 0) is 0 Å². The fourth-order valence-corrected chi connectivity index (χ4v) is 2.71. The number of halogens is 2. The molecule has 0 fully saturated rings. The van der Waals surface area contributed by atoms with Gasteiger partial charge >= 0.3 is 0 Å². The molecule has 3 aromatic rings. The van der Waals surface area contributed by atoms with Crippen molar-refractivity contribution in [3.8, 4) is 11.5 Å². The SMILES string of the molecule is Cc1cc([C@@H](C)N)c2oc(-c3nc(F)ccc3F)c(C)c(=O)c2c1. The molecule has 124 valence electrons. The maximum atomic E-state index is 14.1. The van der Waals surface area contributed by atoms with Crippen LogP contribution in [0.1, 0.15) is 29.7 Å². The Balaban J connectivity index is 2.45. The van der Waals surface area contributed by atoms with Gasteiger partial charge in [-0.1, -0.05) is 6.07 Å². The largest absolute Gasteiger partial charge is 0.453 e. The molecule has 0 amide bonds. The summed E-state index contributed by atoms with van der Waals surface area (Å²) in [5.41, 5.74) is 7.25. The molecule has 3 rings (SSSR count). The first-order chi connectivity index (χ1) is 11.3. The topological polar surface area (TPSA) is 69.1 Å². The molecule has 0 spiro atoms. The molecule has 0 aliphatic carbocycles. The monoisotopic (exact) mass is 330 g/mol. The molecular weight excluding hydrogens is 314 g/mol. The number of pyridine rings is 1. The molecule has 2 N–H and O–H groups in total. The Morgan fingerprint density at radius 2 is 1.92 bits per heavy atom. The highest BCUT2D eigenvalue weighted by molar-refractivity contribution is 5.84. The summed E-state index contributed by atoms with van der Waals surface area (Å²) in [6.07, 6.45) is 0. The highest BCUT2D eigenvalue weighted by Crippen LogP contribution is 2.30. The van der Waals surface area contributed by atoms with Gasteiger partial charge in [-0.15, -0.1) is 0 Å². The van der Waals surface area contributed by atoms with Gasteiger partial charge < -0.3 is 10.2 Å². The van der Waals surface area contributed by atoms with Gasteiger partial charge in [0.1, 0.15) is 11.3 Å². The number of hydrogen-bond donors (Lipinski definition) is 1. The van der Waals surface area contributed by atoms with Crippen LogP contribution in [0.2, 0.25) is 0 Å². The highest BCUT2D eigenvalue weighted by Gasteiger charge is 2.20. The molecule has 2 aromatic heterocycles. The Morgan fingerprint density at radius 1 is 1.21 bits per heavy atom. The number of benzene rings is 1. The molecule has 0 aliphatic rings. The maximum Gasteiger partial charge on any atom is 0.213 e. The van der Waals surface area contributed by atoms with Gasteiger partial charge in [0.25, 0.3) is 0 Å². The second-order valence-electron chi connectivity index (χ2n) is 5.87. The Bertz CT molecular complexity index is 1010. The van der Waals surface area contributed by atoms with Gasteiger partial charge in [0.05, 0.1) is 5.39 Å². The van der Waals surface area contributed by atoms with Crippen molar-refractivity contribution in [1.29, 1.82) is 0 Å². The minimum absolute atomic E-state index is 0.0877. The summed E-state index contributed by atoms with van der Waals surface area (Å²) in [7, 11) is 0. The zero-order valence-electron chi connectivity index (χ0n) is 13.5. The van der Waals surface area contributed by atoms with E-state index in [9.17, 15) is 13.6 Å². The lowest BCUT2D eigenvalue weighted by atomic mass is 10.00. The fourth-order valence-electron chi connectivity index (χ4n) is 2.71. The number of nitrogens with two attached hydrogens (primary N) is 1. The quantitative estimate of drug-likeness (QED) is 0.726. The molecular formula is C18H16F2N2O2. The van der Waals surface area contributed by atoms with E-state index >= 15 is 0 Å². The van der Waals surface area contributed by atoms with E-state index in [1.54, 1.807) is 13.0 Å². The van der Waals surface area contributed by atoms with Crippen molar-refractivity contribution in [2.24, 2.45) is 5.73 Å². The van der Waals surface area contributed by atoms with Crippen molar-refractivity contribution in [3.05, 3.63) is 62.9 Å². The minimum Gasteiger partial charge on any atom is -0.453 e. The van der Waals surface area contributed by atoms with Crippen molar-refractivity contribution in [2.75, 3.05) is 0 Å². The van der Waals surface area contributed by atoms with Gasteiger partial charge in [-0.05, 0) is 44.5 Å². The van der Waals surface area contributed by atoms with Crippen LogP contribution in [0.15, 0.2) is 33.5 Å². The second-order valence-corrected chi connectivity index (χ2v) is 5.87. The van der Waals surface area contributed by atoms with E-state index in [0.717, 1.165) is 17.7 Å². The smallest absolute Gasteiger partial charge is 0.213 e. The van der Waals surface area contributed by atoms with Gasteiger partial charge in [-0.2, -0.15) is 4.39 Å². The summed E-state index contributed by atoms with van der Waals surface area (Å²) >= 11 is 0. The summed E-state index contributed by atoms with van der Waals surface area (Å²) in [6.45, 7) is 5.11. The molecule has 2 heterocycles. The molecule has 0 saturated heterocycles. The van der Waals surface area contributed by atoms with E-state index < -0.39 is 17.8 Å². The lowest BCUT2D eigenvalue weighted by Gasteiger charge is -2.13. The first-order valence-electron chi connectivity index (χ1n) is 7.45. The second kappa shape index (κ2) is 5.79. The molecule has 4 nitrogen and oxygen atoms in total. The lowest BCUT2D eigenvalue weighted by molar-refractivity contribution is 0.546. The van der Waals surface area contributed by atoms with Crippen molar-refractivity contribution < 1.29 is 13.2 Å². The number of rotatable bonds is 2. The molecule has 0 bridgehead atoms. The van der Waals surface area contributed by atoms with Gasteiger partial charge in [-0.3, -0.25) is 4.79 Å². The molecule has 1 atom stereocenters. The number of fused-ring (bicyclic) bond motifs is 1. The Hall–Kier alpha value is -2.60. The Kier molecular flexibility index (Phi) is 3.93. The van der Waals surface area contributed by atoms with Crippen molar-refractivity contribution in [1.82, 2.24) is 4.98 Å². The third kappa shape index (κ3) is 2.59. The average Bonchev–Trinajstić information content (AvgIpc) is 2.53. The third-order valence-corrected chi connectivity index (χ3v) is 3.91. The van der Waals surface area contributed by atoms with Crippen LogP contribution in [0.25, 0.3) is 22.4 Å². The summed E-state index contributed by atoms with van der Waals surface area (Å²) in [5.74, 6) is -1.71. The minimum atomic E-state index is -0.857. The van der Waals surface area contributed by atoms with Gasteiger partial charge in [-0.25, -0.2) is 9.37 Å². The lowest BCUT2D eigenvalue weighted by Crippen LogP contribution is -2.12. The number of hydrogen-bond acceptors (Lipinski definition) is 4. The summed E-state index contributed by atoms with van der Waals surface area (Å²) < 4.78 is 33.3. The van der Waals surface area contributed by atoms with E-state index in [1.807, 2.05) is 13.0 Å². The molecule has 1 aromatic carbocycles. The van der Waals surface area contributed by atoms with Gasteiger partial charge in [0.2, 0.25) is 5.95 Å². The first-order valence-corrected chi connectivity index (χ1v) is 7.45. The van der Waals surface area contributed by atoms with E-state index in [1.165, 1.54) is 6.92 Å². The van der Waals surface area contributed by atoms with Crippen LogP contribution in [0.4, 0.5) is 8.78 Å². The number of aryl methyl sites for hydroxylation is 1. The van der Waals surface area contributed by atoms with Crippen molar-refractivity contribution in [2.45, 2.75) is 26.8 Å². The standard InChI is InChI=1S/C18H16F2N2O2/c1-8-6-11(10(3)21)18-12(7-8)16(23)9(2)17(24-18)15-13(19)4-5-14(20)22-15/h4-7,10H,21H2,1-3H3/t10-/m1/s1. The van der Waals surface area contributed by atoms with Crippen LogP contribution < -0.4 is 11.2 Å². The van der Waals surface area contributed by atoms with E-state index in [2.05, 4.69) is 4.98 Å². The van der Waals surface area contributed by atoms with Gasteiger partial charge in [0, 0.05) is 17.2 Å². The predicted molar refractivity (Wildman–Crippen MR) is 87.7 cm³/mol. The molecule has 24 heavy (non-hydrogen) atoms. The van der Waals surface area contributed by atoms with Crippen LogP contribution in [0, 0.1) is 25.6 Å². The van der Waals surface area contributed by atoms with Crippen LogP contribution >= 0.6 is 0 Å². The Morgan fingerprint density at radius 3 is 2.58 bits per heavy atom. The van der Waals surface area contributed by atoms with E-state index in [-0.39, 0.29) is 28.0 Å². The predicted octanol–water partition coefficient (Wildman–Crippen LogP) is 3.77. The summed E-state index contributed by atoms with van der Waals surface area (Å²) in [5, 5.41) is 0.361. The van der Waals surface area contributed by atoms with Crippen molar-refractivity contribution >= 4 is 11.0 Å². The zero-order chi connectivity index (χ0) is 17.6. The van der Waals surface area contributed by atoms with Crippen LogP contribution in [0.3, 0.4) is 0 Å². The van der Waals surface area contributed by atoms with E-state index in [4.69, 9.17) is 10.2 Å². The summed E-state index contributed by atoms with van der Waals surface area (Å²) in [4.78, 5) is 16.2. The highest BCUT2D eigenvalue weighted by atomic mass is 19.1. The fraction of sp³-hybridized carbons (Fsp3) is 0.222. The molecule has 0 unspecified atom stereocenters. The normalized spacial score (nSPS) is 12.6.